The van der Waals surface area contributed by atoms with Crippen molar-refractivity contribution in [3.05, 3.63) is 11.1 Å². The quantitative estimate of drug-likeness (QED) is 0.800. The van der Waals surface area contributed by atoms with E-state index >= 15 is 0 Å². The molecule has 1 heterocycles. The lowest BCUT2D eigenvalue weighted by molar-refractivity contribution is 0.252. The molecule has 0 aliphatic heterocycles. The highest BCUT2D eigenvalue weighted by molar-refractivity contribution is 7.13. The van der Waals surface area contributed by atoms with Crippen molar-refractivity contribution in [2.24, 2.45) is 0 Å². The lowest BCUT2D eigenvalue weighted by Gasteiger charge is -2.14. The highest BCUT2D eigenvalue weighted by atomic mass is 32.1. The largest absolute Gasteiger partial charge is 0.338 e. The molecule has 1 rings (SSSR count). The molecular formula is C13H23N3OS. The van der Waals surface area contributed by atoms with Gasteiger partial charge in [0.05, 0.1) is 5.69 Å². The number of aromatic nitrogens is 1. The van der Waals surface area contributed by atoms with Gasteiger partial charge in [-0.1, -0.05) is 40.5 Å². The first-order valence-corrected chi connectivity index (χ1v) is 7.32. The Morgan fingerprint density at radius 2 is 2.11 bits per heavy atom. The number of thiazole rings is 1. The maximum Gasteiger partial charge on any atom is 0.321 e. The van der Waals surface area contributed by atoms with Crippen LogP contribution in [-0.4, -0.2) is 17.6 Å². The van der Waals surface area contributed by atoms with Crippen molar-refractivity contribution in [3.8, 4) is 0 Å². The van der Waals surface area contributed by atoms with Crippen molar-refractivity contribution >= 4 is 22.5 Å². The first-order chi connectivity index (χ1) is 8.43. The van der Waals surface area contributed by atoms with Crippen molar-refractivity contribution in [3.63, 3.8) is 0 Å². The summed E-state index contributed by atoms with van der Waals surface area (Å²) in [6.45, 7) is 9.19. The number of anilines is 1. The third kappa shape index (κ3) is 5.04. The molecule has 1 aromatic heterocycles. The topological polar surface area (TPSA) is 54.0 Å². The molecule has 0 aromatic carbocycles. The van der Waals surface area contributed by atoms with Crippen LogP contribution in [0.25, 0.3) is 0 Å². The van der Waals surface area contributed by atoms with Gasteiger partial charge in [-0.3, -0.25) is 5.32 Å². The van der Waals surface area contributed by atoms with Crippen LogP contribution in [0, 0.1) is 0 Å². The molecule has 0 atom stereocenters. The van der Waals surface area contributed by atoms with E-state index in [9.17, 15) is 4.79 Å². The molecule has 0 bridgehead atoms. The lowest BCUT2D eigenvalue weighted by atomic mass is 9.93. The van der Waals surface area contributed by atoms with Gasteiger partial charge in [0.1, 0.15) is 0 Å². The zero-order chi connectivity index (χ0) is 13.6. The van der Waals surface area contributed by atoms with E-state index < -0.39 is 0 Å². The number of carbonyl (C=O) groups excluding carboxylic acids is 1. The molecule has 0 fully saturated rings. The summed E-state index contributed by atoms with van der Waals surface area (Å²) < 4.78 is 0. The van der Waals surface area contributed by atoms with Gasteiger partial charge in [0.2, 0.25) is 0 Å². The highest BCUT2D eigenvalue weighted by Gasteiger charge is 2.17. The number of nitrogens with one attached hydrogen (secondary N) is 2. The molecule has 0 spiro atoms. The predicted octanol–water partition coefficient (Wildman–Crippen LogP) is 3.75. The summed E-state index contributed by atoms with van der Waals surface area (Å²) in [6, 6.07) is -0.166. The van der Waals surface area contributed by atoms with Gasteiger partial charge in [0.15, 0.2) is 5.13 Å². The van der Waals surface area contributed by atoms with Crippen LogP contribution in [0.3, 0.4) is 0 Å². The fourth-order valence-corrected chi connectivity index (χ4v) is 2.33. The summed E-state index contributed by atoms with van der Waals surface area (Å²) in [4.78, 5) is 16.0. The van der Waals surface area contributed by atoms with Crippen LogP contribution in [0.15, 0.2) is 5.38 Å². The van der Waals surface area contributed by atoms with Crippen LogP contribution in [0.1, 0.15) is 52.7 Å². The molecule has 0 radical (unpaired) electrons. The number of hydrogen-bond acceptors (Lipinski definition) is 3. The van der Waals surface area contributed by atoms with Crippen molar-refractivity contribution in [1.82, 2.24) is 10.3 Å². The summed E-state index contributed by atoms with van der Waals surface area (Å²) >= 11 is 1.47. The third-order valence-corrected chi connectivity index (χ3v) is 3.32. The molecule has 4 nitrogen and oxygen atoms in total. The molecule has 2 amide bonds. The molecule has 2 N–H and O–H groups in total. The smallest absolute Gasteiger partial charge is 0.321 e. The van der Waals surface area contributed by atoms with Crippen LogP contribution < -0.4 is 10.6 Å². The van der Waals surface area contributed by atoms with Gasteiger partial charge < -0.3 is 5.32 Å². The van der Waals surface area contributed by atoms with Gasteiger partial charge in [-0.15, -0.1) is 11.3 Å². The minimum absolute atomic E-state index is 0.0219. The van der Waals surface area contributed by atoms with E-state index in [4.69, 9.17) is 0 Å². The zero-order valence-electron chi connectivity index (χ0n) is 11.7. The zero-order valence-corrected chi connectivity index (χ0v) is 12.5. The second-order valence-electron chi connectivity index (χ2n) is 5.38. The summed E-state index contributed by atoms with van der Waals surface area (Å²) in [7, 11) is 0. The molecule has 0 saturated carbocycles. The molecule has 0 aliphatic carbocycles. The standard InChI is InChI=1S/C13H23N3OS/c1-5-6-7-8-14-11(17)16-12-15-10(9-18-12)13(2,3)4/h9H,5-8H2,1-4H3,(H2,14,15,16,17). The maximum absolute atomic E-state index is 11.6. The Labute approximate surface area is 113 Å². The van der Waals surface area contributed by atoms with E-state index in [2.05, 4.69) is 43.3 Å². The van der Waals surface area contributed by atoms with Crippen LogP contribution in [0.4, 0.5) is 9.93 Å². The van der Waals surface area contributed by atoms with Crippen molar-refractivity contribution in [2.75, 3.05) is 11.9 Å². The number of urea groups is 1. The Bertz CT molecular complexity index is 382. The minimum atomic E-state index is -0.166. The first kappa shape index (κ1) is 15.0. The molecule has 5 heteroatoms. The predicted molar refractivity (Wildman–Crippen MR) is 77.4 cm³/mol. The molecule has 18 heavy (non-hydrogen) atoms. The van der Waals surface area contributed by atoms with E-state index in [0.29, 0.717) is 5.13 Å². The molecule has 102 valence electrons. The van der Waals surface area contributed by atoms with Gasteiger partial charge in [-0.25, -0.2) is 9.78 Å². The van der Waals surface area contributed by atoms with E-state index in [1.807, 2.05) is 5.38 Å². The summed E-state index contributed by atoms with van der Waals surface area (Å²) in [6.07, 6.45) is 3.32. The molecule has 0 saturated heterocycles. The van der Waals surface area contributed by atoms with E-state index in [1.54, 1.807) is 0 Å². The second kappa shape index (κ2) is 6.73. The fraction of sp³-hybridized carbons (Fsp3) is 0.692. The van der Waals surface area contributed by atoms with Crippen molar-refractivity contribution in [2.45, 2.75) is 52.4 Å². The van der Waals surface area contributed by atoms with Crippen molar-refractivity contribution in [1.29, 1.82) is 0 Å². The van der Waals surface area contributed by atoms with Crippen LogP contribution in [0.2, 0.25) is 0 Å². The summed E-state index contributed by atoms with van der Waals surface area (Å²) in [5.74, 6) is 0. The van der Waals surface area contributed by atoms with Crippen LogP contribution >= 0.6 is 11.3 Å². The number of carbonyl (C=O) groups is 1. The van der Waals surface area contributed by atoms with E-state index in [-0.39, 0.29) is 11.4 Å². The molecular weight excluding hydrogens is 246 g/mol. The van der Waals surface area contributed by atoms with Crippen LogP contribution in [0.5, 0.6) is 0 Å². The Balaban J connectivity index is 2.38. The average Bonchev–Trinajstić information content (AvgIpc) is 2.72. The third-order valence-electron chi connectivity index (χ3n) is 2.56. The second-order valence-corrected chi connectivity index (χ2v) is 6.23. The Morgan fingerprint density at radius 1 is 1.39 bits per heavy atom. The molecule has 0 aliphatic rings. The van der Waals surface area contributed by atoms with Gasteiger partial charge in [-0.2, -0.15) is 0 Å². The van der Waals surface area contributed by atoms with Gasteiger partial charge in [0.25, 0.3) is 0 Å². The van der Waals surface area contributed by atoms with Gasteiger partial charge in [0, 0.05) is 17.3 Å². The number of hydrogen-bond donors (Lipinski definition) is 2. The van der Waals surface area contributed by atoms with Crippen LogP contribution in [-0.2, 0) is 5.41 Å². The first-order valence-electron chi connectivity index (χ1n) is 6.44. The monoisotopic (exact) mass is 269 g/mol. The normalized spacial score (nSPS) is 11.3. The van der Waals surface area contributed by atoms with E-state index in [0.717, 1.165) is 31.5 Å². The molecule has 0 unspecified atom stereocenters. The number of amides is 2. The Morgan fingerprint density at radius 3 is 2.67 bits per heavy atom. The lowest BCUT2D eigenvalue weighted by Crippen LogP contribution is -2.29. The van der Waals surface area contributed by atoms with Crippen molar-refractivity contribution < 1.29 is 4.79 Å². The minimum Gasteiger partial charge on any atom is -0.338 e. The summed E-state index contributed by atoms with van der Waals surface area (Å²) in [5.41, 5.74) is 1.03. The van der Waals surface area contributed by atoms with Gasteiger partial charge >= 0.3 is 6.03 Å². The highest BCUT2D eigenvalue weighted by Crippen LogP contribution is 2.26. The molecule has 1 aromatic rings. The van der Waals surface area contributed by atoms with E-state index in [1.165, 1.54) is 11.3 Å². The Hall–Kier alpha value is -1.10. The SMILES string of the molecule is CCCCCNC(=O)Nc1nc(C(C)(C)C)cs1. The number of rotatable bonds is 5. The number of unbranched alkanes of at least 4 members (excludes halogenated alkanes) is 2. The van der Waals surface area contributed by atoms with Gasteiger partial charge in [-0.05, 0) is 6.42 Å². The average molecular weight is 269 g/mol. The summed E-state index contributed by atoms with van der Waals surface area (Å²) in [5, 5.41) is 8.25. The maximum atomic E-state index is 11.6. The fourth-order valence-electron chi connectivity index (χ4n) is 1.39. The number of nitrogens with zero attached hydrogens (tertiary/aromatic N) is 1. The Kier molecular flexibility index (Phi) is 5.59.